The largest absolute Gasteiger partial charge is 0.378 e. The van der Waals surface area contributed by atoms with E-state index in [0.29, 0.717) is 12.1 Å². The van der Waals surface area contributed by atoms with E-state index >= 15 is 0 Å². The average molecular weight is 463 g/mol. The maximum atomic E-state index is 12.4. The van der Waals surface area contributed by atoms with Gasteiger partial charge < -0.3 is 24.8 Å². The fraction of sp³-hybridized carbons (Fsp3) is 0.346. The van der Waals surface area contributed by atoms with Gasteiger partial charge in [0.25, 0.3) is 0 Å². The van der Waals surface area contributed by atoms with Gasteiger partial charge in [-0.1, -0.05) is 12.1 Å². The molecule has 0 aliphatic carbocycles. The second-order valence-corrected chi connectivity index (χ2v) is 8.46. The van der Waals surface area contributed by atoms with Gasteiger partial charge in [-0.25, -0.2) is 0 Å². The van der Waals surface area contributed by atoms with Gasteiger partial charge in [0.15, 0.2) is 0 Å². The van der Waals surface area contributed by atoms with E-state index in [1.807, 2.05) is 48.5 Å². The zero-order valence-corrected chi connectivity index (χ0v) is 19.4. The van der Waals surface area contributed by atoms with Crippen molar-refractivity contribution in [2.75, 3.05) is 61.6 Å². The van der Waals surface area contributed by atoms with E-state index in [2.05, 4.69) is 10.2 Å². The summed E-state index contributed by atoms with van der Waals surface area (Å²) in [6, 6.07) is 15.2. The Morgan fingerprint density at radius 1 is 1.00 bits per heavy atom. The van der Waals surface area contributed by atoms with Crippen LogP contribution in [0.3, 0.4) is 0 Å². The lowest BCUT2D eigenvalue weighted by molar-refractivity contribution is -0.129. The summed E-state index contributed by atoms with van der Waals surface area (Å²) in [7, 11) is 1.59. The quantitative estimate of drug-likeness (QED) is 0.640. The molecule has 8 nitrogen and oxygen atoms in total. The number of hydrogen-bond acceptors (Lipinski definition) is 5. The van der Waals surface area contributed by atoms with E-state index in [1.165, 1.54) is 11.0 Å². The van der Waals surface area contributed by atoms with Crippen LogP contribution < -0.4 is 15.1 Å². The van der Waals surface area contributed by atoms with Gasteiger partial charge in [-0.15, -0.1) is 0 Å². The molecule has 0 spiro atoms. The zero-order chi connectivity index (χ0) is 23.9. The van der Waals surface area contributed by atoms with Gasteiger partial charge in [0.05, 0.1) is 19.8 Å². The lowest BCUT2D eigenvalue weighted by Gasteiger charge is -2.28. The summed E-state index contributed by atoms with van der Waals surface area (Å²) in [5.41, 5.74) is 3.51. The number of likely N-dealkylation sites (N-methyl/N-ethyl adjacent to an activating group) is 1. The van der Waals surface area contributed by atoms with Gasteiger partial charge in [-0.3, -0.25) is 14.4 Å². The molecule has 34 heavy (non-hydrogen) atoms. The highest BCUT2D eigenvalue weighted by Crippen LogP contribution is 2.22. The molecular weight excluding hydrogens is 432 g/mol. The van der Waals surface area contributed by atoms with E-state index in [1.54, 1.807) is 18.0 Å². The normalized spacial score (nSPS) is 16.2. The second-order valence-electron chi connectivity index (χ2n) is 8.46. The van der Waals surface area contributed by atoms with Crippen molar-refractivity contribution < 1.29 is 19.1 Å². The second kappa shape index (κ2) is 11.0. The standard InChI is InChI=1S/C26H30N4O4/c1-28(19-24(31)27-21-7-11-22(12-8-21)29-15-17-34-18-16-29)25(32)13-6-20-4-9-23(10-5-20)30-14-2-3-26(30)33/h4-13H,2-3,14-19H2,1H3,(H,27,31)/b13-6+. The molecular formula is C26H30N4O4. The van der Waals surface area contributed by atoms with Crippen LogP contribution in [0.5, 0.6) is 0 Å². The summed E-state index contributed by atoms with van der Waals surface area (Å²) >= 11 is 0. The van der Waals surface area contributed by atoms with Crippen molar-refractivity contribution in [3.05, 3.63) is 60.2 Å². The summed E-state index contributed by atoms with van der Waals surface area (Å²) in [4.78, 5) is 42.1. The molecule has 2 aromatic rings. The predicted molar refractivity (Wildman–Crippen MR) is 133 cm³/mol. The molecule has 2 heterocycles. The lowest BCUT2D eigenvalue weighted by Crippen LogP contribution is -2.36. The fourth-order valence-electron chi connectivity index (χ4n) is 4.05. The molecule has 2 aliphatic heterocycles. The molecule has 1 N–H and O–H groups in total. The fourth-order valence-corrected chi connectivity index (χ4v) is 4.05. The van der Waals surface area contributed by atoms with Crippen molar-refractivity contribution in [2.24, 2.45) is 0 Å². The Hall–Kier alpha value is -3.65. The minimum atomic E-state index is -0.267. The Bertz CT molecular complexity index is 1040. The van der Waals surface area contributed by atoms with Crippen LogP contribution in [0.15, 0.2) is 54.6 Å². The summed E-state index contributed by atoms with van der Waals surface area (Å²) in [6.07, 6.45) is 4.63. The number of hydrogen-bond donors (Lipinski definition) is 1. The van der Waals surface area contributed by atoms with Crippen LogP contribution in [-0.2, 0) is 19.1 Å². The molecule has 0 unspecified atom stereocenters. The third kappa shape index (κ3) is 6.02. The average Bonchev–Trinajstić information content (AvgIpc) is 3.29. The number of rotatable bonds is 7. The Labute approximate surface area is 199 Å². The molecule has 0 radical (unpaired) electrons. The third-order valence-corrected chi connectivity index (χ3v) is 5.98. The molecule has 0 bridgehead atoms. The van der Waals surface area contributed by atoms with Crippen molar-refractivity contribution in [3.63, 3.8) is 0 Å². The molecule has 2 aliphatic rings. The summed E-state index contributed by atoms with van der Waals surface area (Å²) < 4.78 is 5.37. The van der Waals surface area contributed by atoms with Crippen LogP contribution in [0.1, 0.15) is 18.4 Å². The van der Waals surface area contributed by atoms with Gasteiger partial charge in [-0.2, -0.15) is 0 Å². The molecule has 178 valence electrons. The Morgan fingerprint density at radius 2 is 1.68 bits per heavy atom. The topological polar surface area (TPSA) is 82.2 Å². The van der Waals surface area contributed by atoms with Crippen molar-refractivity contribution in [3.8, 4) is 0 Å². The number of benzene rings is 2. The first-order valence-electron chi connectivity index (χ1n) is 11.6. The molecule has 0 atom stereocenters. The maximum Gasteiger partial charge on any atom is 0.246 e. The first kappa shape index (κ1) is 23.5. The molecule has 2 saturated heterocycles. The van der Waals surface area contributed by atoms with E-state index < -0.39 is 0 Å². The first-order chi connectivity index (χ1) is 16.5. The number of carbonyl (C=O) groups is 3. The Morgan fingerprint density at radius 3 is 2.32 bits per heavy atom. The van der Waals surface area contributed by atoms with E-state index in [0.717, 1.165) is 56.2 Å². The zero-order valence-electron chi connectivity index (χ0n) is 19.4. The van der Waals surface area contributed by atoms with Gasteiger partial charge in [0.1, 0.15) is 0 Å². The van der Waals surface area contributed by atoms with Gasteiger partial charge in [0.2, 0.25) is 17.7 Å². The van der Waals surface area contributed by atoms with E-state index in [9.17, 15) is 14.4 Å². The number of carbonyl (C=O) groups excluding carboxylic acids is 3. The van der Waals surface area contributed by atoms with Crippen molar-refractivity contribution >= 4 is 40.9 Å². The number of amides is 3. The third-order valence-electron chi connectivity index (χ3n) is 5.98. The van der Waals surface area contributed by atoms with E-state index in [-0.39, 0.29) is 24.3 Å². The van der Waals surface area contributed by atoms with Crippen LogP contribution in [-0.4, -0.2) is 69.1 Å². The smallest absolute Gasteiger partial charge is 0.246 e. The monoisotopic (exact) mass is 462 g/mol. The van der Waals surface area contributed by atoms with Gasteiger partial charge >= 0.3 is 0 Å². The summed E-state index contributed by atoms with van der Waals surface area (Å²) in [5, 5.41) is 2.84. The molecule has 0 aromatic heterocycles. The van der Waals surface area contributed by atoms with Gasteiger partial charge in [-0.05, 0) is 54.5 Å². The minimum absolute atomic E-state index is 0.0512. The minimum Gasteiger partial charge on any atom is -0.378 e. The highest BCUT2D eigenvalue weighted by molar-refractivity contribution is 5.98. The van der Waals surface area contributed by atoms with E-state index in [4.69, 9.17) is 4.74 Å². The van der Waals surface area contributed by atoms with Crippen molar-refractivity contribution in [2.45, 2.75) is 12.8 Å². The Kier molecular flexibility index (Phi) is 7.59. The van der Waals surface area contributed by atoms with Crippen LogP contribution in [0.25, 0.3) is 6.08 Å². The molecule has 2 fully saturated rings. The van der Waals surface area contributed by atoms with Crippen LogP contribution in [0.2, 0.25) is 0 Å². The molecule has 8 heteroatoms. The molecule has 2 aromatic carbocycles. The van der Waals surface area contributed by atoms with Crippen LogP contribution in [0.4, 0.5) is 17.1 Å². The summed E-state index contributed by atoms with van der Waals surface area (Å²) in [6.45, 7) is 3.85. The first-order valence-corrected chi connectivity index (χ1v) is 11.6. The number of morpholine rings is 1. The van der Waals surface area contributed by atoms with Crippen LogP contribution >= 0.6 is 0 Å². The van der Waals surface area contributed by atoms with Gasteiger partial charge in [0, 0.05) is 56.2 Å². The SMILES string of the molecule is CN(CC(=O)Nc1ccc(N2CCOCC2)cc1)C(=O)/C=C/c1ccc(N2CCCC2=O)cc1. The highest BCUT2D eigenvalue weighted by atomic mass is 16.5. The number of ether oxygens (including phenoxy) is 1. The lowest BCUT2D eigenvalue weighted by atomic mass is 10.2. The molecule has 4 rings (SSSR count). The van der Waals surface area contributed by atoms with Crippen molar-refractivity contribution in [1.29, 1.82) is 0 Å². The summed E-state index contributed by atoms with van der Waals surface area (Å²) in [5.74, 6) is -0.383. The van der Waals surface area contributed by atoms with Crippen molar-refractivity contribution in [1.82, 2.24) is 4.90 Å². The van der Waals surface area contributed by atoms with Crippen LogP contribution in [0, 0.1) is 0 Å². The molecule has 0 saturated carbocycles. The predicted octanol–water partition coefficient (Wildman–Crippen LogP) is 2.76. The molecule has 3 amide bonds. The number of nitrogens with one attached hydrogen (secondary N) is 1. The maximum absolute atomic E-state index is 12.4. The number of nitrogens with zero attached hydrogens (tertiary/aromatic N) is 3. The number of anilines is 3. The Balaban J connectivity index is 1.25. The highest BCUT2D eigenvalue weighted by Gasteiger charge is 2.21.